The van der Waals surface area contributed by atoms with Crippen LogP contribution in [0.4, 0.5) is 0 Å². The molecule has 2 heterocycles. The molecule has 6 heteroatoms. The van der Waals surface area contributed by atoms with Crippen molar-refractivity contribution in [3.63, 3.8) is 0 Å². The van der Waals surface area contributed by atoms with Crippen LogP contribution in [0.5, 0.6) is 0 Å². The number of aryl methyl sites for hydroxylation is 2. The molecule has 0 radical (unpaired) electrons. The molecule has 0 aliphatic carbocycles. The van der Waals surface area contributed by atoms with Gasteiger partial charge >= 0.3 is 0 Å². The lowest BCUT2D eigenvalue weighted by molar-refractivity contribution is -0.136. The number of sulfonamides is 1. The van der Waals surface area contributed by atoms with Gasteiger partial charge in [0.15, 0.2) is 0 Å². The van der Waals surface area contributed by atoms with E-state index in [4.69, 9.17) is 0 Å². The van der Waals surface area contributed by atoms with Crippen molar-refractivity contribution in [2.45, 2.75) is 51.5 Å². The third kappa shape index (κ3) is 4.65. The lowest BCUT2D eigenvalue weighted by Gasteiger charge is -2.35. The zero-order valence-electron chi connectivity index (χ0n) is 15.9. The Labute approximate surface area is 157 Å². The van der Waals surface area contributed by atoms with Gasteiger partial charge in [0.25, 0.3) is 0 Å². The molecule has 0 bridgehead atoms. The zero-order chi connectivity index (χ0) is 18.7. The average Bonchev–Trinajstić information content (AvgIpc) is 3.11. The second-order valence-electron chi connectivity index (χ2n) is 7.82. The molecule has 2 aliphatic heterocycles. The minimum atomic E-state index is -3.30. The summed E-state index contributed by atoms with van der Waals surface area (Å²) >= 11 is 0. The topological polar surface area (TPSA) is 57.7 Å². The summed E-state index contributed by atoms with van der Waals surface area (Å²) in [6, 6.07) is 8.24. The van der Waals surface area contributed by atoms with Crippen LogP contribution in [0, 0.1) is 12.8 Å². The van der Waals surface area contributed by atoms with E-state index in [-0.39, 0.29) is 5.91 Å². The van der Waals surface area contributed by atoms with Crippen LogP contribution in [-0.2, 0) is 21.2 Å². The van der Waals surface area contributed by atoms with Gasteiger partial charge in [0.1, 0.15) is 6.04 Å². The molecule has 1 amide bonds. The molecule has 0 saturated carbocycles. The molecule has 2 saturated heterocycles. The summed E-state index contributed by atoms with van der Waals surface area (Å²) in [5.74, 6) is 0.653. The molecule has 1 atom stereocenters. The molecule has 3 rings (SSSR count). The first-order valence-electron chi connectivity index (χ1n) is 9.66. The van der Waals surface area contributed by atoms with E-state index >= 15 is 0 Å². The molecule has 2 fully saturated rings. The number of likely N-dealkylation sites (tertiary alicyclic amines) is 1. The lowest BCUT2D eigenvalue weighted by Crippen LogP contribution is -2.49. The average molecular weight is 379 g/mol. The van der Waals surface area contributed by atoms with Crippen LogP contribution in [0.2, 0.25) is 0 Å². The highest BCUT2D eigenvalue weighted by atomic mass is 32.2. The van der Waals surface area contributed by atoms with E-state index in [2.05, 4.69) is 31.2 Å². The Bertz CT molecular complexity index is 722. The fourth-order valence-corrected chi connectivity index (χ4v) is 5.28. The molecular formula is C20H30N2O3S. The standard InChI is InChI=1S/C20H30N2O3S/c1-16-5-7-17(8-6-16)9-10-18-11-14-21(15-12-18)20(23)19-4-3-13-22(19)26(2,24)25/h5-8,18-19H,3-4,9-15H2,1-2H3. The van der Waals surface area contributed by atoms with Gasteiger partial charge in [0.2, 0.25) is 15.9 Å². The Morgan fingerprint density at radius 3 is 2.35 bits per heavy atom. The maximum absolute atomic E-state index is 12.8. The largest absolute Gasteiger partial charge is 0.341 e. The quantitative estimate of drug-likeness (QED) is 0.791. The predicted octanol–water partition coefficient (Wildman–Crippen LogP) is 2.59. The zero-order valence-corrected chi connectivity index (χ0v) is 16.7. The summed E-state index contributed by atoms with van der Waals surface area (Å²) in [6.07, 6.45) is 6.91. The maximum atomic E-state index is 12.8. The van der Waals surface area contributed by atoms with E-state index in [0.717, 1.165) is 45.2 Å². The maximum Gasteiger partial charge on any atom is 0.241 e. The molecule has 1 aromatic carbocycles. The van der Waals surface area contributed by atoms with Gasteiger partial charge in [-0.3, -0.25) is 4.79 Å². The number of piperidine rings is 1. The minimum absolute atomic E-state index is 0.00455. The van der Waals surface area contributed by atoms with Gasteiger partial charge in [-0.25, -0.2) is 8.42 Å². The van der Waals surface area contributed by atoms with Crippen LogP contribution < -0.4 is 0 Å². The van der Waals surface area contributed by atoms with Crippen LogP contribution in [0.3, 0.4) is 0 Å². The van der Waals surface area contributed by atoms with Crippen LogP contribution in [0.1, 0.15) is 43.2 Å². The first-order chi connectivity index (χ1) is 12.3. The van der Waals surface area contributed by atoms with Gasteiger partial charge in [-0.2, -0.15) is 4.31 Å². The number of hydrogen-bond donors (Lipinski definition) is 0. The van der Waals surface area contributed by atoms with Crippen LogP contribution in [-0.4, -0.2) is 55.5 Å². The van der Waals surface area contributed by atoms with Crippen molar-refractivity contribution >= 4 is 15.9 Å². The summed E-state index contributed by atoms with van der Waals surface area (Å²) in [6.45, 7) is 4.09. The summed E-state index contributed by atoms with van der Waals surface area (Å²) in [4.78, 5) is 14.7. The third-order valence-electron chi connectivity index (χ3n) is 5.80. The van der Waals surface area contributed by atoms with Crippen molar-refractivity contribution in [3.8, 4) is 0 Å². The molecule has 1 aromatic rings. The molecule has 0 N–H and O–H groups in total. The smallest absolute Gasteiger partial charge is 0.241 e. The van der Waals surface area contributed by atoms with Gasteiger partial charge in [-0.05, 0) is 56.9 Å². The van der Waals surface area contributed by atoms with Crippen molar-refractivity contribution < 1.29 is 13.2 Å². The molecule has 5 nitrogen and oxygen atoms in total. The van der Waals surface area contributed by atoms with Crippen LogP contribution >= 0.6 is 0 Å². The molecule has 0 aromatic heterocycles. The predicted molar refractivity (Wildman–Crippen MR) is 103 cm³/mol. The van der Waals surface area contributed by atoms with E-state index in [0.29, 0.717) is 18.9 Å². The van der Waals surface area contributed by atoms with Crippen molar-refractivity contribution in [1.29, 1.82) is 0 Å². The summed E-state index contributed by atoms with van der Waals surface area (Å²) < 4.78 is 25.1. The fourth-order valence-electron chi connectivity index (χ4n) is 4.16. The Morgan fingerprint density at radius 1 is 1.08 bits per heavy atom. The Hall–Kier alpha value is -1.40. The first kappa shape index (κ1) is 19.4. The highest BCUT2D eigenvalue weighted by Gasteiger charge is 2.39. The molecule has 26 heavy (non-hydrogen) atoms. The first-order valence-corrected chi connectivity index (χ1v) is 11.5. The Kier molecular flexibility index (Phi) is 6.03. The van der Waals surface area contributed by atoms with Crippen molar-refractivity contribution in [2.24, 2.45) is 5.92 Å². The SMILES string of the molecule is Cc1ccc(CCC2CCN(C(=O)C3CCCN3S(C)(=O)=O)CC2)cc1. The molecule has 2 aliphatic rings. The normalized spacial score (nSPS) is 22.7. The number of nitrogens with zero attached hydrogens (tertiary/aromatic N) is 2. The molecule has 1 unspecified atom stereocenters. The summed E-state index contributed by atoms with van der Waals surface area (Å²) in [7, 11) is -3.30. The van der Waals surface area contributed by atoms with E-state index < -0.39 is 16.1 Å². The number of hydrogen-bond acceptors (Lipinski definition) is 3. The summed E-state index contributed by atoms with van der Waals surface area (Å²) in [5, 5.41) is 0. The van der Waals surface area contributed by atoms with Crippen molar-refractivity contribution in [2.75, 3.05) is 25.9 Å². The van der Waals surface area contributed by atoms with Gasteiger partial charge in [0, 0.05) is 19.6 Å². The van der Waals surface area contributed by atoms with Gasteiger partial charge in [-0.1, -0.05) is 29.8 Å². The second-order valence-corrected chi connectivity index (χ2v) is 9.76. The summed E-state index contributed by atoms with van der Waals surface area (Å²) in [5.41, 5.74) is 2.67. The highest BCUT2D eigenvalue weighted by Crippen LogP contribution is 2.27. The fraction of sp³-hybridized carbons (Fsp3) is 0.650. The van der Waals surface area contributed by atoms with Crippen LogP contribution in [0.25, 0.3) is 0 Å². The number of carbonyl (C=O) groups is 1. The molecular weight excluding hydrogens is 348 g/mol. The number of carbonyl (C=O) groups excluding carboxylic acids is 1. The van der Waals surface area contributed by atoms with Crippen LogP contribution in [0.15, 0.2) is 24.3 Å². The second kappa shape index (κ2) is 8.09. The Balaban J connectivity index is 1.48. The van der Waals surface area contributed by atoms with E-state index in [1.807, 2.05) is 4.90 Å². The number of benzene rings is 1. The third-order valence-corrected chi connectivity index (χ3v) is 7.09. The van der Waals surface area contributed by atoms with E-state index in [1.165, 1.54) is 21.7 Å². The Morgan fingerprint density at radius 2 is 1.73 bits per heavy atom. The number of amides is 1. The number of rotatable bonds is 5. The van der Waals surface area contributed by atoms with Gasteiger partial charge < -0.3 is 4.90 Å². The van der Waals surface area contributed by atoms with E-state index in [1.54, 1.807) is 0 Å². The van der Waals surface area contributed by atoms with Crippen molar-refractivity contribution in [1.82, 2.24) is 9.21 Å². The van der Waals surface area contributed by atoms with E-state index in [9.17, 15) is 13.2 Å². The molecule has 0 spiro atoms. The molecule has 144 valence electrons. The van der Waals surface area contributed by atoms with Gasteiger partial charge in [-0.15, -0.1) is 0 Å². The van der Waals surface area contributed by atoms with Gasteiger partial charge in [0.05, 0.1) is 6.26 Å². The lowest BCUT2D eigenvalue weighted by atomic mass is 9.90. The monoisotopic (exact) mass is 378 g/mol. The van der Waals surface area contributed by atoms with Crippen molar-refractivity contribution in [3.05, 3.63) is 35.4 Å². The minimum Gasteiger partial charge on any atom is -0.341 e. The highest BCUT2D eigenvalue weighted by molar-refractivity contribution is 7.88.